The summed E-state index contributed by atoms with van der Waals surface area (Å²) in [7, 11) is -3.02. The molecule has 1 atom stereocenters. The van der Waals surface area contributed by atoms with E-state index in [1.54, 1.807) is 18.3 Å². The first-order chi connectivity index (χ1) is 10.0. The summed E-state index contributed by atoms with van der Waals surface area (Å²) in [4.78, 5) is 16.5. The van der Waals surface area contributed by atoms with Crippen molar-refractivity contribution in [3.05, 3.63) is 42.1 Å². The van der Waals surface area contributed by atoms with E-state index in [4.69, 9.17) is 0 Å². The highest BCUT2D eigenvalue weighted by atomic mass is 32.2. The number of sulfone groups is 1. The maximum atomic E-state index is 12.3. The number of hydrogen-bond donors (Lipinski definition) is 1. The maximum absolute atomic E-state index is 12.3. The third-order valence-electron chi connectivity index (χ3n) is 3.66. The van der Waals surface area contributed by atoms with Gasteiger partial charge in [0.1, 0.15) is 0 Å². The Morgan fingerprint density at radius 1 is 1.33 bits per heavy atom. The minimum absolute atomic E-state index is 0.0323. The molecule has 0 saturated carbocycles. The highest BCUT2D eigenvalue weighted by Crippen LogP contribution is 2.16. The molecule has 5 nitrogen and oxygen atoms in total. The van der Waals surface area contributed by atoms with Crippen LogP contribution >= 0.6 is 0 Å². The lowest BCUT2D eigenvalue weighted by atomic mass is 10.0. The number of nitrogens with zero attached hydrogens (tertiary/aromatic N) is 1. The van der Waals surface area contributed by atoms with E-state index in [1.807, 2.05) is 18.2 Å². The minimum Gasteiger partial charge on any atom is -0.312 e. The summed E-state index contributed by atoms with van der Waals surface area (Å²) in [5.74, 6) is 0.125. The number of carbonyl (C=O) groups excluding carboxylic acids is 1. The van der Waals surface area contributed by atoms with Crippen molar-refractivity contribution in [3.8, 4) is 0 Å². The van der Waals surface area contributed by atoms with E-state index in [2.05, 4.69) is 10.3 Å². The van der Waals surface area contributed by atoms with Gasteiger partial charge in [0.15, 0.2) is 15.6 Å². The normalized spacial score (nSPS) is 21.2. The van der Waals surface area contributed by atoms with Crippen LogP contribution < -0.4 is 5.32 Å². The van der Waals surface area contributed by atoms with Gasteiger partial charge in [0.25, 0.3) is 0 Å². The van der Waals surface area contributed by atoms with Crippen LogP contribution in [-0.2, 0) is 9.84 Å². The molecular weight excluding hydrogens is 288 g/mol. The molecule has 110 valence electrons. The van der Waals surface area contributed by atoms with Gasteiger partial charge in [0, 0.05) is 36.2 Å². The third kappa shape index (κ3) is 3.28. The van der Waals surface area contributed by atoms with Crippen LogP contribution in [0.4, 0.5) is 0 Å². The molecular formula is C15H16N2O3S. The summed E-state index contributed by atoms with van der Waals surface area (Å²) in [6.45, 7) is 0.416. The van der Waals surface area contributed by atoms with Gasteiger partial charge >= 0.3 is 0 Å². The topological polar surface area (TPSA) is 76.1 Å². The first kappa shape index (κ1) is 14.2. The molecule has 1 unspecified atom stereocenters. The first-order valence-corrected chi connectivity index (χ1v) is 8.67. The monoisotopic (exact) mass is 304 g/mol. The molecule has 0 aliphatic carbocycles. The van der Waals surface area contributed by atoms with E-state index in [1.165, 1.54) is 0 Å². The van der Waals surface area contributed by atoms with Crippen LogP contribution in [0.2, 0.25) is 0 Å². The Kier molecular flexibility index (Phi) is 3.73. The predicted octanol–water partition coefficient (Wildman–Crippen LogP) is 1.19. The van der Waals surface area contributed by atoms with E-state index in [-0.39, 0.29) is 29.8 Å². The number of hydrogen-bond acceptors (Lipinski definition) is 5. The summed E-state index contributed by atoms with van der Waals surface area (Å²) in [5, 5.41) is 4.08. The number of nitrogens with one attached hydrogen (secondary N) is 1. The number of ketones is 1. The van der Waals surface area contributed by atoms with Crippen molar-refractivity contribution in [1.82, 2.24) is 10.3 Å². The third-order valence-corrected chi connectivity index (χ3v) is 5.40. The van der Waals surface area contributed by atoms with Crippen molar-refractivity contribution in [3.63, 3.8) is 0 Å². The van der Waals surface area contributed by atoms with Gasteiger partial charge in [-0.1, -0.05) is 18.2 Å². The van der Waals surface area contributed by atoms with Gasteiger partial charge in [-0.15, -0.1) is 0 Å². The molecule has 1 saturated heterocycles. The first-order valence-electron chi connectivity index (χ1n) is 6.85. The minimum atomic E-state index is -3.02. The van der Waals surface area contributed by atoms with Crippen LogP contribution in [0.25, 0.3) is 10.9 Å². The second-order valence-corrected chi connectivity index (χ2v) is 7.53. The summed E-state index contributed by atoms with van der Waals surface area (Å²) < 4.78 is 23.2. The predicted molar refractivity (Wildman–Crippen MR) is 81.1 cm³/mol. The molecule has 1 fully saturated rings. The van der Waals surface area contributed by atoms with Gasteiger partial charge in [0.2, 0.25) is 0 Å². The Hall–Kier alpha value is -1.79. The Morgan fingerprint density at radius 2 is 2.19 bits per heavy atom. The van der Waals surface area contributed by atoms with Crippen molar-refractivity contribution in [2.24, 2.45) is 0 Å². The number of rotatable bonds is 3. The van der Waals surface area contributed by atoms with Crippen LogP contribution in [-0.4, -0.2) is 43.3 Å². The average molecular weight is 304 g/mol. The lowest BCUT2D eigenvalue weighted by molar-refractivity contribution is 0.0972. The summed E-state index contributed by atoms with van der Waals surface area (Å²) in [6, 6.07) is 8.88. The highest BCUT2D eigenvalue weighted by molar-refractivity contribution is 7.91. The summed E-state index contributed by atoms with van der Waals surface area (Å²) in [5.41, 5.74) is 1.35. The van der Waals surface area contributed by atoms with Crippen LogP contribution in [0.5, 0.6) is 0 Å². The molecule has 2 heterocycles. The molecule has 0 radical (unpaired) electrons. The molecule has 0 bridgehead atoms. The van der Waals surface area contributed by atoms with E-state index < -0.39 is 9.84 Å². The number of pyridine rings is 1. The van der Waals surface area contributed by atoms with Gasteiger partial charge in [-0.3, -0.25) is 9.78 Å². The zero-order valence-corrected chi connectivity index (χ0v) is 12.3. The molecule has 6 heteroatoms. The zero-order valence-electron chi connectivity index (χ0n) is 11.5. The van der Waals surface area contributed by atoms with E-state index in [0.29, 0.717) is 12.1 Å². The standard InChI is InChI=1S/C15H16N2O3S/c18-15(9-13-10-21(19,20)7-6-16-13)12-4-3-11-2-1-5-17-14(11)8-12/h1-5,8,13,16H,6-7,9-10H2. The lowest BCUT2D eigenvalue weighted by Gasteiger charge is -2.23. The quantitative estimate of drug-likeness (QED) is 0.862. The van der Waals surface area contributed by atoms with Crippen LogP contribution in [0.15, 0.2) is 36.5 Å². The molecule has 1 aromatic heterocycles. The van der Waals surface area contributed by atoms with E-state index in [9.17, 15) is 13.2 Å². The molecule has 1 aromatic carbocycles. The largest absolute Gasteiger partial charge is 0.312 e. The smallest absolute Gasteiger partial charge is 0.164 e. The molecule has 0 spiro atoms. The second-order valence-electron chi connectivity index (χ2n) is 5.30. The number of benzene rings is 1. The van der Waals surface area contributed by atoms with Crippen molar-refractivity contribution >= 4 is 26.5 Å². The molecule has 2 aromatic rings. The van der Waals surface area contributed by atoms with Gasteiger partial charge in [-0.05, 0) is 12.1 Å². The van der Waals surface area contributed by atoms with Gasteiger partial charge in [-0.25, -0.2) is 8.42 Å². The van der Waals surface area contributed by atoms with E-state index in [0.717, 1.165) is 10.9 Å². The van der Waals surface area contributed by atoms with Crippen LogP contribution in [0.1, 0.15) is 16.8 Å². The Balaban J connectivity index is 1.77. The number of Topliss-reactive ketones (excluding diaryl/α,β-unsaturated/α-hetero) is 1. The van der Waals surface area contributed by atoms with Crippen LogP contribution in [0.3, 0.4) is 0 Å². The van der Waals surface area contributed by atoms with Gasteiger partial charge in [-0.2, -0.15) is 0 Å². The second kappa shape index (κ2) is 5.54. The number of carbonyl (C=O) groups is 1. The lowest BCUT2D eigenvalue weighted by Crippen LogP contribution is -2.45. The molecule has 21 heavy (non-hydrogen) atoms. The van der Waals surface area contributed by atoms with Gasteiger partial charge < -0.3 is 5.32 Å². The van der Waals surface area contributed by atoms with Crippen molar-refractivity contribution in [2.45, 2.75) is 12.5 Å². The fraction of sp³-hybridized carbons (Fsp3) is 0.333. The van der Waals surface area contributed by atoms with E-state index >= 15 is 0 Å². The van der Waals surface area contributed by atoms with Crippen molar-refractivity contribution in [2.75, 3.05) is 18.1 Å². The van der Waals surface area contributed by atoms with Crippen molar-refractivity contribution < 1.29 is 13.2 Å². The molecule has 1 aliphatic heterocycles. The Morgan fingerprint density at radius 3 is 3.00 bits per heavy atom. The molecule has 0 amide bonds. The maximum Gasteiger partial charge on any atom is 0.164 e. The molecule has 3 rings (SSSR count). The van der Waals surface area contributed by atoms with Crippen molar-refractivity contribution in [1.29, 1.82) is 0 Å². The Bertz CT molecular complexity index is 786. The molecule has 1 aliphatic rings. The highest BCUT2D eigenvalue weighted by Gasteiger charge is 2.26. The fourth-order valence-corrected chi connectivity index (χ4v) is 4.02. The Labute approximate surface area is 123 Å². The number of aromatic nitrogens is 1. The van der Waals surface area contributed by atoms with Crippen LogP contribution in [0, 0.1) is 0 Å². The summed E-state index contributed by atoms with van der Waals surface area (Å²) >= 11 is 0. The van der Waals surface area contributed by atoms with Gasteiger partial charge in [0.05, 0.1) is 17.0 Å². The number of fused-ring (bicyclic) bond motifs is 1. The fourth-order valence-electron chi connectivity index (χ4n) is 2.58. The zero-order chi connectivity index (χ0) is 14.9. The summed E-state index contributed by atoms with van der Waals surface area (Å²) in [6.07, 6.45) is 1.88. The average Bonchev–Trinajstić information content (AvgIpc) is 2.45. The molecule has 1 N–H and O–H groups in total. The SMILES string of the molecule is O=C(CC1CS(=O)(=O)CCN1)c1ccc2cccnc2c1.